The number of carbonyl (C=O) groups is 6. The Morgan fingerprint density at radius 3 is 1.80 bits per heavy atom. The number of carboxylic acid groups (broad SMARTS) is 1. The number of benzene rings is 1. The van der Waals surface area contributed by atoms with E-state index in [-0.39, 0.29) is 29.4 Å². The Morgan fingerprint density at radius 1 is 0.659 bits per heavy atom. The van der Waals surface area contributed by atoms with Crippen molar-refractivity contribution in [2.45, 2.75) is 179 Å². The Bertz CT molecular complexity index is 2830. The van der Waals surface area contributed by atoms with Crippen LogP contribution in [-0.4, -0.2) is 311 Å². The minimum Gasteiger partial charge on any atom is -0.480 e. The number of carbonyl (C=O) groups excluding carboxylic acids is 5. The van der Waals surface area contributed by atoms with E-state index in [9.17, 15) is 95.5 Å². The summed E-state index contributed by atoms with van der Waals surface area (Å²) >= 11 is 0. The molecule has 7 rings (SSSR count). The maximum Gasteiger partial charge on any atom is 0.322 e. The molecule has 5 aliphatic heterocycles. The zero-order valence-corrected chi connectivity index (χ0v) is 48.5. The van der Waals surface area contributed by atoms with Gasteiger partial charge in [-0.25, -0.2) is 20.0 Å². The van der Waals surface area contributed by atoms with Crippen LogP contribution in [0.25, 0.3) is 0 Å². The summed E-state index contributed by atoms with van der Waals surface area (Å²) in [6.07, 6.45) is -27.0. The van der Waals surface area contributed by atoms with Gasteiger partial charge in [0.1, 0.15) is 122 Å². The summed E-state index contributed by atoms with van der Waals surface area (Å²) in [5, 5.41) is 166. The standard InChI is InChI=1S/C53H78N12O26/c54-22(10-19-4-2-1-3-5-19)44(81)60-23(11-20-6-8-21(9-7-20)86-49-41(80)38(77)43(29(18-69)89-49)91-51-40(79)37(76)35(74)28(17-68)88-51)46(83)64-31(33(72)24-12-58-52(55)62-24)47(84)65-32(48(85)61-26(15-66)45(82)57-14-30(70)71)42(25-13-59-53(56)63-25)90-50-39(78)36(75)34(73)27(16-67)87-50/h6-9,12,19,22-23,26-29,31-43,49-51,55,66-69,72-80H,1-5,10-11,13-18,54H2,(H2,56,59)(H,57,82)(H,60,81)(H,61,85)(H,64,83)(H,65,84)(H,70,71)/t22-,23-,26-,27?,28?,29?,31-,32-,33?,34?,35?,36?,37?,38?,39?,40?,41?,42?,43?,49?,50?,51?/m0/s1. The highest BCUT2D eigenvalue weighted by molar-refractivity contribution is 6.40. The van der Waals surface area contributed by atoms with Crippen LogP contribution in [0.4, 0.5) is 0 Å². The molecule has 6 aliphatic rings. The van der Waals surface area contributed by atoms with Crippen LogP contribution in [0, 0.1) is 11.3 Å². The Morgan fingerprint density at radius 2 is 1.23 bits per heavy atom. The van der Waals surface area contributed by atoms with Crippen LogP contribution in [0.3, 0.4) is 0 Å². The molecular formula is C53H78N12O26. The monoisotopic (exact) mass is 1300 g/mol. The Kier molecular flexibility index (Phi) is 25.7. The number of nitrogens with one attached hydrogen (secondary N) is 6. The van der Waals surface area contributed by atoms with Gasteiger partial charge in [0.2, 0.25) is 47.7 Å². The van der Waals surface area contributed by atoms with Gasteiger partial charge in [0, 0.05) is 6.42 Å². The molecule has 24 N–H and O–H groups in total. The lowest BCUT2D eigenvalue weighted by Crippen LogP contribution is -2.67. The molecule has 91 heavy (non-hydrogen) atoms. The molecule has 1 aliphatic carbocycles. The number of amides is 5. The van der Waals surface area contributed by atoms with E-state index in [0.29, 0.717) is 0 Å². The topological polar surface area (TPSA) is 626 Å². The fraction of sp³-hybridized carbons (Fsp3) is 0.679. The lowest BCUT2D eigenvalue weighted by atomic mass is 9.85. The van der Waals surface area contributed by atoms with Gasteiger partial charge in [0.25, 0.3) is 0 Å². The molecule has 4 fully saturated rings. The van der Waals surface area contributed by atoms with Crippen LogP contribution in [0.2, 0.25) is 0 Å². The summed E-state index contributed by atoms with van der Waals surface area (Å²) in [5.74, 6) is -9.06. The van der Waals surface area contributed by atoms with Crippen molar-refractivity contribution >= 4 is 65.1 Å². The van der Waals surface area contributed by atoms with Crippen molar-refractivity contribution in [3.8, 4) is 5.75 Å². The van der Waals surface area contributed by atoms with Crippen molar-refractivity contribution in [3.63, 3.8) is 0 Å². The van der Waals surface area contributed by atoms with Crippen LogP contribution in [-0.2, 0) is 58.9 Å². The Hall–Kier alpha value is -6.77. The summed E-state index contributed by atoms with van der Waals surface area (Å²) in [4.78, 5) is 98.6. The number of aliphatic hydroxyl groups is 13. The maximum atomic E-state index is 15.1. The maximum absolute atomic E-state index is 15.1. The molecule has 3 saturated heterocycles. The number of rotatable bonds is 29. The van der Waals surface area contributed by atoms with Gasteiger partial charge in [-0.1, -0.05) is 44.2 Å². The van der Waals surface area contributed by atoms with Crippen LogP contribution < -0.4 is 42.8 Å². The van der Waals surface area contributed by atoms with E-state index in [0.717, 1.165) is 38.3 Å². The van der Waals surface area contributed by atoms with Crippen molar-refractivity contribution in [2.75, 3.05) is 39.5 Å². The molecule has 1 aromatic carbocycles. The third kappa shape index (κ3) is 18.1. The second-order valence-corrected chi connectivity index (χ2v) is 22.3. The van der Waals surface area contributed by atoms with Gasteiger partial charge in [-0.3, -0.25) is 34.2 Å². The molecule has 0 bridgehead atoms. The van der Waals surface area contributed by atoms with Crippen molar-refractivity contribution in [3.05, 3.63) is 29.8 Å². The van der Waals surface area contributed by atoms with Gasteiger partial charge in [-0.15, -0.1) is 0 Å². The number of aliphatic hydroxyl groups excluding tert-OH is 13. The predicted molar refractivity (Wildman–Crippen MR) is 304 cm³/mol. The zero-order valence-electron chi connectivity index (χ0n) is 48.5. The summed E-state index contributed by atoms with van der Waals surface area (Å²) in [6.45, 7) is -5.43. The van der Waals surface area contributed by atoms with Gasteiger partial charge in [0.05, 0.1) is 56.7 Å². The fourth-order valence-corrected chi connectivity index (χ4v) is 10.7. The minimum absolute atomic E-state index is 0.0510. The van der Waals surface area contributed by atoms with E-state index < -0.39 is 234 Å². The Labute approximate surface area is 516 Å². The molecule has 0 spiro atoms. The molecule has 22 atom stereocenters. The van der Waals surface area contributed by atoms with Gasteiger partial charge < -0.3 is 138 Å². The predicted octanol–water partition coefficient (Wildman–Crippen LogP) is -11.6. The number of aliphatic imine (C=N–C) groups is 4. The van der Waals surface area contributed by atoms with E-state index in [2.05, 4.69) is 41.2 Å². The average molecular weight is 1300 g/mol. The average Bonchev–Trinajstić information content (AvgIpc) is 1.56. The zero-order chi connectivity index (χ0) is 66.5. The first-order chi connectivity index (χ1) is 43.3. The summed E-state index contributed by atoms with van der Waals surface area (Å²) in [6, 6.07) is -4.30. The van der Waals surface area contributed by atoms with Crippen LogP contribution in [0.15, 0.2) is 44.2 Å². The second kappa shape index (κ2) is 32.7. The normalized spacial score (nSPS) is 31.7. The van der Waals surface area contributed by atoms with E-state index in [4.69, 9.17) is 45.3 Å². The summed E-state index contributed by atoms with van der Waals surface area (Å²) in [5.41, 5.74) is 11.7. The van der Waals surface area contributed by atoms with E-state index in [1.165, 1.54) is 24.3 Å². The molecular weight excluding hydrogens is 1220 g/mol. The first kappa shape index (κ1) is 71.7. The van der Waals surface area contributed by atoms with E-state index >= 15 is 4.79 Å². The molecule has 506 valence electrons. The lowest BCUT2D eigenvalue weighted by molar-refractivity contribution is -0.352. The first-order valence-electron chi connectivity index (χ1n) is 28.9. The largest absolute Gasteiger partial charge is 0.480 e. The highest BCUT2D eigenvalue weighted by Gasteiger charge is 2.52. The van der Waals surface area contributed by atoms with Crippen molar-refractivity contribution in [2.24, 2.45) is 37.4 Å². The third-order valence-corrected chi connectivity index (χ3v) is 15.8. The van der Waals surface area contributed by atoms with Gasteiger partial charge >= 0.3 is 5.97 Å². The Balaban J connectivity index is 1.18. The smallest absolute Gasteiger partial charge is 0.322 e. The number of nitrogens with two attached hydrogens (primary N) is 2. The number of hydrogen-bond acceptors (Lipinski definition) is 30. The van der Waals surface area contributed by atoms with Gasteiger partial charge in [0.15, 0.2) is 12.6 Å². The third-order valence-electron chi connectivity index (χ3n) is 15.8. The summed E-state index contributed by atoms with van der Waals surface area (Å²) < 4.78 is 34.1. The van der Waals surface area contributed by atoms with E-state index in [1.807, 2.05) is 5.32 Å². The van der Waals surface area contributed by atoms with Crippen molar-refractivity contribution in [1.29, 1.82) is 5.41 Å². The molecule has 0 radical (unpaired) electrons. The number of carboxylic acids is 1. The molecule has 5 heterocycles. The number of nitrogens with zero attached hydrogens (tertiary/aromatic N) is 4. The minimum atomic E-state index is -2.37. The van der Waals surface area contributed by atoms with E-state index in [1.54, 1.807) is 0 Å². The number of ether oxygens (including phenoxy) is 6. The molecule has 1 saturated carbocycles. The molecule has 5 amide bonds. The number of hydrogen-bond donors (Lipinski definition) is 22. The first-order valence-corrected chi connectivity index (χ1v) is 28.9. The van der Waals surface area contributed by atoms with Crippen LogP contribution >= 0.6 is 0 Å². The summed E-state index contributed by atoms with van der Waals surface area (Å²) in [7, 11) is 0. The van der Waals surface area contributed by atoms with Crippen molar-refractivity contribution < 1.29 is 129 Å². The molecule has 38 nitrogen and oxygen atoms in total. The lowest BCUT2D eigenvalue weighted by Gasteiger charge is -2.45. The molecule has 38 heteroatoms. The number of guanidine groups is 2. The fourth-order valence-electron chi connectivity index (χ4n) is 10.7. The van der Waals surface area contributed by atoms with Crippen molar-refractivity contribution in [1.82, 2.24) is 26.6 Å². The SMILES string of the molecule is N=C1N=CC(C(O)[C@H](NC(=O)[C@H](Cc2ccc(OC3OC(CO)C(OC4OC(CO)C(O)C(O)C4O)C(O)C3O)cc2)NC(=O)[C@@H](N)CC2CCCCC2)C(=O)N[C@H](C(=O)N[C@@H](CO)C(=O)NCC(=O)O)C(OC2OC(CO)C(O)C(O)C2O)C2=NC(N)=NC2)=N1. The second-order valence-electron chi connectivity index (χ2n) is 22.3. The molecule has 17 unspecified atom stereocenters. The quantitative estimate of drug-likeness (QED) is 0.0354. The van der Waals surface area contributed by atoms with Gasteiger partial charge in [-0.2, -0.15) is 0 Å². The van der Waals surface area contributed by atoms with Crippen LogP contribution in [0.5, 0.6) is 5.75 Å². The number of aliphatic carboxylic acids is 1. The molecule has 0 aromatic heterocycles. The highest BCUT2D eigenvalue weighted by Crippen LogP contribution is 2.32. The highest BCUT2D eigenvalue weighted by atomic mass is 16.7. The van der Waals surface area contributed by atoms with Gasteiger partial charge in [-0.05, 0) is 30.0 Å². The molecule has 1 aromatic rings. The van der Waals surface area contributed by atoms with Crippen LogP contribution in [0.1, 0.15) is 44.1 Å².